The number of nitrogens with zero attached hydrogens (tertiary/aromatic N) is 1. The predicted octanol–water partition coefficient (Wildman–Crippen LogP) is 3.16. The van der Waals surface area contributed by atoms with Gasteiger partial charge in [0.25, 0.3) is 0 Å². The molecule has 2 rings (SSSR count). The maximum atomic E-state index is 13.1. The number of likely N-dealkylation sites (N-methyl/N-ethyl adjacent to an activating group) is 1. The lowest BCUT2D eigenvalue weighted by molar-refractivity contribution is 0.260. The van der Waals surface area contributed by atoms with Gasteiger partial charge in [0.15, 0.2) is 0 Å². The van der Waals surface area contributed by atoms with Crippen LogP contribution in [0.25, 0.3) is 0 Å². The molecule has 18 heavy (non-hydrogen) atoms. The van der Waals surface area contributed by atoms with Crippen LogP contribution in [-0.2, 0) is 6.54 Å². The molecule has 0 aromatic heterocycles. The van der Waals surface area contributed by atoms with Crippen molar-refractivity contribution >= 4 is 15.9 Å². The molecule has 1 heterocycles. The molecule has 0 bridgehead atoms. The van der Waals surface area contributed by atoms with Gasteiger partial charge in [-0.1, -0.05) is 22.9 Å². The molecular weight excluding hydrogens is 295 g/mol. The van der Waals surface area contributed by atoms with Crippen molar-refractivity contribution in [2.45, 2.75) is 32.4 Å². The Balaban J connectivity index is 1.83. The number of likely N-dealkylation sites (tertiary alicyclic amines) is 1. The van der Waals surface area contributed by atoms with E-state index in [1.165, 1.54) is 25.5 Å². The molecule has 1 N–H and O–H groups in total. The summed E-state index contributed by atoms with van der Waals surface area (Å²) in [4.78, 5) is 2.51. The molecule has 1 aromatic carbocycles. The number of hydrogen-bond donors (Lipinski definition) is 1. The van der Waals surface area contributed by atoms with Gasteiger partial charge in [0.2, 0.25) is 0 Å². The predicted molar refractivity (Wildman–Crippen MR) is 76.1 cm³/mol. The van der Waals surface area contributed by atoms with Crippen LogP contribution in [0.5, 0.6) is 0 Å². The lowest BCUT2D eigenvalue weighted by atomic mass is 10.2. The molecule has 1 atom stereocenters. The van der Waals surface area contributed by atoms with Crippen LogP contribution < -0.4 is 5.32 Å². The van der Waals surface area contributed by atoms with Crippen molar-refractivity contribution in [1.29, 1.82) is 0 Å². The van der Waals surface area contributed by atoms with E-state index in [-0.39, 0.29) is 5.82 Å². The second-order valence-electron chi connectivity index (χ2n) is 4.79. The van der Waals surface area contributed by atoms with Gasteiger partial charge in [-0.05, 0) is 49.7 Å². The molecule has 1 aliphatic heterocycles. The minimum Gasteiger partial charge on any atom is -0.311 e. The highest BCUT2D eigenvalue weighted by Gasteiger charge is 2.22. The molecule has 0 amide bonds. The van der Waals surface area contributed by atoms with Crippen molar-refractivity contribution in [2.24, 2.45) is 0 Å². The summed E-state index contributed by atoms with van der Waals surface area (Å²) in [5, 5.41) is 3.44. The lowest BCUT2D eigenvalue weighted by Gasteiger charge is -2.23. The highest BCUT2D eigenvalue weighted by atomic mass is 79.9. The van der Waals surface area contributed by atoms with E-state index >= 15 is 0 Å². The molecule has 1 unspecified atom stereocenters. The Morgan fingerprint density at radius 2 is 2.33 bits per heavy atom. The maximum Gasteiger partial charge on any atom is 0.123 e. The fourth-order valence-electron chi connectivity index (χ4n) is 2.59. The fourth-order valence-corrected chi connectivity index (χ4v) is 2.98. The minimum absolute atomic E-state index is 0.175. The van der Waals surface area contributed by atoms with Gasteiger partial charge in [-0.25, -0.2) is 4.39 Å². The van der Waals surface area contributed by atoms with E-state index in [1.807, 2.05) is 0 Å². The molecular formula is C14H20BrFN2. The normalized spacial score (nSPS) is 20.5. The summed E-state index contributed by atoms with van der Waals surface area (Å²) >= 11 is 3.45. The van der Waals surface area contributed by atoms with Crippen LogP contribution in [0.1, 0.15) is 25.3 Å². The van der Waals surface area contributed by atoms with Crippen LogP contribution in [0.3, 0.4) is 0 Å². The first-order valence-corrected chi connectivity index (χ1v) is 7.38. The van der Waals surface area contributed by atoms with E-state index < -0.39 is 0 Å². The molecule has 100 valence electrons. The smallest absolute Gasteiger partial charge is 0.123 e. The molecule has 1 saturated heterocycles. The van der Waals surface area contributed by atoms with E-state index in [1.54, 1.807) is 12.1 Å². The zero-order chi connectivity index (χ0) is 13.0. The topological polar surface area (TPSA) is 15.3 Å². The largest absolute Gasteiger partial charge is 0.311 e. The Morgan fingerprint density at radius 3 is 3.11 bits per heavy atom. The van der Waals surface area contributed by atoms with Crippen LogP contribution in [0.15, 0.2) is 22.7 Å². The van der Waals surface area contributed by atoms with Gasteiger partial charge in [-0.3, -0.25) is 4.90 Å². The van der Waals surface area contributed by atoms with Crippen LogP contribution in [0, 0.1) is 5.82 Å². The van der Waals surface area contributed by atoms with E-state index in [9.17, 15) is 4.39 Å². The average molecular weight is 315 g/mol. The Morgan fingerprint density at radius 1 is 1.50 bits per heavy atom. The van der Waals surface area contributed by atoms with Gasteiger partial charge in [0, 0.05) is 23.6 Å². The SMILES string of the molecule is CCN1CCCC1CNCc1cc(F)ccc1Br. The Bertz CT molecular complexity index is 397. The highest BCUT2D eigenvalue weighted by Crippen LogP contribution is 2.19. The molecule has 4 heteroatoms. The third kappa shape index (κ3) is 3.53. The summed E-state index contributed by atoms with van der Waals surface area (Å²) in [6.07, 6.45) is 2.56. The van der Waals surface area contributed by atoms with Crippen molar-refractivity contribution in [3.63, 3.8) is 0 Å². The quantitative estimate of drug-likeness (QED) is 0.898. The molecule has 1 aromatic rings. The third-order valence-corrected chi connectivity index (χ3v) is 4.38. The average Bonchev–Trinajstić information content (AvgIpc) is 2.81. The van der Waals surface area contributed by atoms with E-state index in [0.717, 1.165) is 23.1 Å². The lowest BCUT2D eigenvalue weighted by Crippen LogP contribution is -2.37. The number of rotatable bonds is 5. The van der Waals surface area contributed by atoms with Crippen molar-refractivity contribution in [3.05, 3.63) is 34.1 Å². The first-order valence-electron chi connectivity index (χ1n) is 6.59. The molecule has 0 aliphatic carbocycles. The third-order valence-electron chi connectivity index (χ3n) is 3.61. The van der Waals surface area contributed by atoms with Gasteiger partial charge >= 0.3 is 0 Å². The summed E-state index contributed by atoms with van der Waals surface area (Å²) in [6, 6.07) is 5.47. The van der Waals surface area contributed by atoms with Crippen LogP contribution in [-0.4, -0.2) is 30.6 Å². The van der Waals surface area contributed by atoms with Crippen molar-refractivity contribution in [3.8, 4) is 0 Å². The molecule has 0 spiro atoms. The Kier molecular flexibility index (Phi) is 5.15. The van der Waals surface area contributed by atoms with Gasteiger partial charge in [-0.15, -0.1) is 0 Å². The zero-order valence-corrected chi connectivity index (χ0v) is 12.3. The summed E-state index contributed by atoms with van der Waals surface area (Å²) < 4.78 is 14.1. The number of hydrogen-bond acceptors (Lipinski definition) is 2. The van der Waals surface area contributed by atoms with Crippen LogP contribution in [0.2, 0.25) is 0 Å². The summed E-state index contributed by atoms with van der Waals surface area (Å²) in [5.41, 5.74) is 0.982. The Hall–Kier alpha value is -0.450. The molecule has 1 aliphatic rings. The van der Waals surface area contributed by atoms with E-state index in [2.05, 4.69) is 33.1 Å². The summed E-state index contributed by atoms with van der Waals surface area (Å²) in [5.74, 6) is -0.175. The van der Waals surface area contributed by atoms with Crippen molar-refractivity contribution in [1.82, 2.24) is 10.2 Å². The van der Waals surface area contributed by atoms with E-state index in [0.29, 0.717) is 12.6 Å². The van der Waals surface area contributed by atoms with Gasteiger partial charge in [0.1, 0.15) is 5.82 Å². The number of halogens is 2. The van der Waals surface area contributed by atoms with Crippen LogP contribution >= 0.6 is 15.9 Å². The molecule has 0 saturated carbocycles. The van der Waals surface area contributed by atoms with Gasteiger partial charge in [0.05, 0.1) is 0 Å². The monoisotopic (exact) mass is 314 g/mol. The second kappa shape index (κ2) is 6.64. The number of nitrogens with one attached hydrogen (secondary N) is 1. The maximum absolute atomic E-state index is 13.1. The zero-order valence-electron chi connectivity index (χ0n) is 10.8. The summed E-state index contributed by atoms with van der Waals surface area (Å²) in [7, 11) is 0. The first kappa shape index (κ1) is 14.0. The van der Waals surface area contributed by atoms with Crippen molar-refractivity contribution in [2.75, 3.05) is 19.6 Å². The van der Waals surface area contributed by atoms with E-state index in [4.69, 9.17) is 0 Å². The minimum atomic E-state index is -0.175. The summed E-state index contributed by atoms with van der Waals surface area (Å²) in [6.45, 7) is 6.24. The van der Waals surface area contributed by atoms with Crippen molar-refractivity contribution < 1.29 is 4.39 Å². The Labute approximate surface area is 117 Å². The highest BCUT2D eigenvalue weighted by molar-refractivity contribution is 9.10. The van der Waals surface area contributed by atoms with Gasteiger partial charge in [-0.2, -0.15) is 0 Å². The molecule has 2 nitrogen and oxygen atoms in total. The first-order chi connectivity index (χ1) is 8.70. The standard InChI is InChI=1S/C14H20BrFN2/c1-2-18-7-3-4-13(18)10-17-9-11-8-12(16)5-6-14(11)15/h5-6,8,13,17H,2-4,7,9-10H2,1H3. The fraction of sp³-hybridized carbons (Fsp3) is 0.571. The van der Waals surface area contributed by atoms with Crippen LogP contribution in [0.4, 0.5) is 4.39 Å². The molecule has 1 fully saturated rings. The second-order valence-corrected chi connectivity index (χ2v) is 5.65. The molecule has 0 radical (unpaired) electrons. The van der Waals surface area contributed by atoms with Gasteiger partial charge < -0.3 is 5.32 Å². The number of benzene rings is 1.